The highest BCUT2D eigenvalue weighted by Crippen LogP contribution is 2.32. The number of halogens is 4. The maximum absolute atomic E-state index is 13.6. The highest BCUT2D eigenvalue weighted by atomic mass is 19.4. The van der Waals surface area contributed by atoms with Crippen LogP contribution in [0.2, 0.25) is 0 Å². The maximum atomic E-state index is 13.6. The quantitative estimate of drug-likeness (QED) is 0.330. The number of rotatable bonds is 4. The molecular formula is C21H13F4N3O2. The zero-order valence-corrected chi connectivity index (χ0v) is 15.2. The summed E-state index contributed by atoms with van der Waals surface area (Å²) in [5, 5.41) is 3.87. The number of benzene rings is 3. The minimum Gasteiger partial charge on any atom is -0.457 e. The number of anilines is 1. The SMILES string of the molecule is Nc1ccc(-c2nc(-c3ccc(Oc4ccc(C(F)(F)F)cc4)cc3)no2)cc1F. The Hall–Kier alpha value is -3.88. The van der Waals surface area contributed by atoms with Crippen LogP contribution in [0.3, 0.4) is 0 Å². The summed E-state index contributed by atoms with van der Waals surface area (Å²) in [5.74, 6) is 0.514. The molecule has 0 unspecified atom stereocenters. The fraction of sp³-hybridized carbons (Fsp3) is 0.0476. The Kier molecular flexibility index (Phi) is 4.86. The molecule has 0 atom stereocenters. The number of nitrogen functional groups attached to an aromatic ring is 1. The van der Waals surface area contributed by atoms with Crippen molar-refractivity contribution >= 4 is 5.69 Å². The first-order chi connectivity index (χ1) is 14.3. The van der Waals surface area contributed by atoms with E-state index in [1.165, 1.54) is 24.3 Å². The summed E-state index contributed by atoms with van der Waals surface area (Å²) in [7, 11) is 0. The molecule has 5 nitrogen and oxygen atoms in total. The van der Waals surface area contributed by atoms with Gasteiger partial charge in [-0.15, -0.1) is 0 Å². The molecule has 0 spiro atoms. The van der Waals surface area contributed by atoms with Crippen molar-refractivity contribution in [3.05, 3.63) is 78.1 Å². The fourth-order valence-electron chi connectivity index (χ4n) is 2.64. The summed E-state index contributed by atoms with van der Waals surface area (Å²) in [6.07, 6.45) is -4.40. The smallest absolute Gasteiger partial charge is 0.416 e. The van der Waals surface area contributed by atoms with Crippen molar-refractivity contribution in [2.75, 3.05) is 5.73 Å². The number of nitrogens with two attached hydrogens (primary N) is 1. The molecule has 152 valence electrons. The number of nitrogens with zero attached hydrogens (tertiary/aromatic N) is 2. The Morgan fingerprint density at radius 3 is 2.03 bits per heavy atom. The Labute approximate surface area is 167 Å². The van der Waals surface area contributed by atoms with E-state index in [1.54, 1.807) is 30.3 Å². The largest absolute Gasteiger partial charge is 0.457 e. The van der Waals surface area contributed by atoms with E-state index in [-0.39, 0.29) is 23.2 Å². The molecular weight excluding hydrogens is 402 g/mol. The third-order valence-electron chi connectivity index (χ3n) is 4.20. The molecule has 0 fully saturated rings. The van der Waals surface area contributed by atoms with Crippen molar-refractivity contribution in [2.24, 2.45) is 0 Å². The van der Waals surface area contributed by atoms with Gasteiger partial charge in [-0.05, 0) is 66.7 Å². The van der Waals surface area contributed by atoms with Gasteiger partial charge in [-0.1, -0.05) is 5.16 Å². The molecule has 0 aliphatic heterocycles. The third kappa shape index (κ3) is 4.09. The molecule has 30 heavy (non-hydrogen) atoms. The van der Waals surface area contributed by atoms with E-state index in [4.69, 9.17) is 15.0 Å². The van der Waals surface area contributed by atoms with Gasteiger partial charge in [0.2, 0.25) is 5.82 Å². The summed E-state index contributed by atoms with van der Waals surface area (Å²) in [5.41, 5.74) is 5.72. The second kappa shape index (κ2) is 7.51. The highest BCUT2D eigenvalue weighted by molar-refractivity contribution is 5.62. The average molecular weight is 415 g/mol. The molecule has 0 aliphatic rings. The molecule has 0 radical (unpaired) electrons. The van der Waals surface area contributed by atoms with Gasteiger partial charge >= 0.3 is 6.18 Å². The zero-order chi connectivity index (χ0) is 21.3. The topological polar surface area (TPSA) is 74.2 Å². The molecule has 0 amide bonds. The third-order valence-corrected chi connectivity index (χ3v) is 4.20. The first kappa shape index (κ1) is 19.4. The lowest BCUT2D eigenvalue weighted by Crippen LogP contribution is -2.03. The minimum atomic E-state index is -4.40. The summed E-state index contributed by atoms with van der Waals surface area (Å²) in [6.45, 7) is 0. The lowest BCUT2D eigenvalue weighted by Gasteiger charge is -2.09. The zero-order valence-electron chi connectivity index (χ0n) is 15.2. The lowest BCUT2D eigenvalue weighted by atomic mass is 10.2. The molecule has 0 saturated heterocycles. The van der Waals surface area contributed by atoms with Crippen molar-refractivity contribution in [3.63, 3.8) is 0 Å². The Morgan fingerprint density at radius 1 is 0.833 bits per heavy atom. The average Bonchev–Trinajstić information content (AvgIpc) is 3.21. The van der Waals surface area contributed by atoms with Crippen molar-refractivity contribution in [3.8, 4) is 34.3 Å². The molecule has 9 heteroatoms. The van der Waals surface area contributed by atoms with Crippen LogP contribution in [0.1, 0.15) is 5.56 Å². The molecule has 1 aromatic heterocycles. The number of aromatic nitrogens is 2. The highest BCUT2D eigenvalue weighted by Gasteiger charge is 2.30. The van der Waals surface area contributed by atoms with Crippen molar-refractivity contribution < 1.29 is 26.8 Å². The standard InChI is InChI=1S/C21H13F4N3O2/c22-17-11-13(3-10-18(17)26)20-27-19(28-30-20)12-1-6-15(7-2-12)29-16-8-4-14(5-9-16)21(23,24)25/h1-11H,26H2. The lowest BCUT2D eigenvalue weighted by molar-refractivity contribution is -0.137. The molecule has 4 rings (SSSR count). The fourth-order valence-corrected chi connectivity index (χ4v) is 2.64. The van der Waals surface area contributed by atoms with Gasteiger partial charge in [0, 0.05) is 11.1 Å². The molecule has 2 N–H and O–H groups in total. The van der Waals surface area contributed by atoms with Crippen LogP contribution in [0.15, 0.2) is 71.3 Å². The van der Waals surface area contributed by atoms with Crippen molar-refractivity contribution in [2.45, 2.75) is 6.18 Å². The van der Waals surface area contributed by atoms with Crippen LogP contribution in [0, 0.1) is 5.82 Å². The summed E-state index contributed by atoms with van der Waals surface area (Å²) in [4.78, 5) is 4.24. The van der Waals surface area contributed by atoms with Gasteiger partial charge in [0.05, 0.1) is 11.3 Å². The molecule has 0 bridgehead atoms. The van der Waals surface area contributed by atoms with Crippen LogP contribution < -0.4 is 10.5 Å². The van der Waals surface area contributed by atoms with E-state index in [2.05, 4.69) is 10.1 Å². The van der Waals surface area contributed by atoms with Gasteiger partial charge in [0.1, 0.15) is 17.3 Å². The van der Waals surface area contributed by atoms with Crippen LogP contribution in [-0.2, 0) is 6.18 Å². The van der Waals surface area contributed by atoms with E-state index < -0.39 is 17.6 Å². The Morgan fingerprint density at radius 2 is 1.43 bits per heavy atom. The van der Waals surface area contributed by atoms with E-state index in [9.17, 15) is 17.6 Å². The van der Waals surface area contributed by atoms with Gasteiger partial charge in [0.15, 0.2) is 0 Å². The maximum Gasteiger partial charge on any atom is 0.416 e. The molecule has 0 saturated carbocycles. The summed E-state index contributed by atoms with van der Waals surface area (Å²) >= 11 is 0. The second-order valence-electron chi connectivity index (χ2n) is 6.31. The van der Waals surface area contributed by atoms with Gasteiger partial charge in [-0.25, -0.2) is 4.39 Å². The summed E-state index contributed by atoms with van der Waals surface area (Å²) < 4.78 is 62.2. The summed E-state index contributed by atoms with van der Waals surface area (Å²) in [6, 6.07) is 15.1. The normalized spacial score (nSPS) is 11.5. The molecule has 4 aromatic rings. The first-order valence-corrected chi connectivity index (χ1v) is 8.64. The van der Waals surface area contributed by atoms with Crippen molar-refractivity contribution in [1.82, 2.24) is 10.1 Å². The molecule has 3 aromatic carbocycles. The van der Waals surface area contributed by atoms with E-state index in [1.807, 2.05) is 0 Å². The van der Waals surface area contributed by atoms with Crippen LogP contribution in [-0.4, -0.2) is 10.1 Å². The Balaban J connectivity index is 1.49. The number of ether oxygens (including phenoxy) is 1. The van der Waals surface area contributed by atoms with Gasteiger partial charge in [-0.2, -0.15) is 18.2 Å². The first-order valence-electron chi connectivity index (χ1n) is 8.64. The van der Waals surface area contributed by atoms with Gasteiger partial charge in [0.25, 0.3) is 5.89 Å². The minimum absolute atomic E-state index is 0.0159. The van der Waals surface area contributed by atoms with Crippen LogP contribution in [0.25, 0.3) is 22.8 Å². The number of hydrogen-bond acceptors (Lipinski definition) is 5. The predicted octanol–water partition coefficient (Wildman–Crippen LogP) is 5.94. The predicted molar refractivity (Wildman–Crippen MR) is 101 cm³/mol. The second-order valence-corrected chi connectivity index (χ2v) is 6.31. The van der Waals surface area contributed by atoms with E-state index in [0.29, 0.717) is 16.9 Å². The van der Waals surface area contributed by atoms with Gasteiger partial charge in [-0.3, -0.25) is 0 Å². The van der Waals surface area contributed by atoms with E-state index in [0.717, 1.165) is 12.1 Å². The van der Waals surface area contributed by atoms with Gasteiger partial charge < -0.3 is 15.0 Å². The van der Waals surface area contributed by atoms with Crippen LogP contribution in [0.5, 0.6) is 11.5 Å². The van der Waals surface area contributed by atoms with Crippen LogP contribution >= 0.6 is 0 Å². The number of alkyl halides is 3. The number of hydrogen-bond donors (Lipinski definition) is 1. The molecule has 1 heterocycles. The van der Waals surface area contributed by atoms with Crippen molar-refractivity contribution in [1.29, 1.82) is 0 Å². The molecule has 0 aliphatic carbocycles. The van der Waals surface area contributed by atoms with Crippen LogP contribution in [0.4, 0.5) is 23.2 Å². The Bertz CT molecular complexity index is 1170. The monoisotopic (exact) mass is 415 g/mol. The van der Waals surface area contributed by atoms with E-state index >= 15 is 0 Å².